The molecule has 0 atom stereocenters. The summed E-state index contributed by atoms with van der Waals surface area (Å²) in [5.74, 6) is 0.512. The van der Waals surface area contributed by atoms with E-state index in [1.54, 1.807) is 22.2 Å². The number of nitrogens with zero attached hydrogens (tertiary/aromatic N) is 5. The predicted octanol–water partition coefficient (Wildman–Crippen LogP) is 4.14. The molecule has 0 saturated carbocycles. The minimum absolute atomic E-state index is 0.256. The maximum absolute atomic E-state index is 9.99. The number of para-hydroxylation sites is 2. The van der Waals surface area contributed by atoms with E-state index in [1.165, 1.54) is 0 Å². The van der Waals surface area contributed by atoms with Crippen molar-refractivity contribution in [3.05, 3.63) is 86.2 Å². The van der Waals surface area contributed by atoms with Crippen molar-refractivity contribution in [3.63, 3.8) is 0 Å². The first-order valence-corrected chi connectivity index (χ1v) is 7.61. The van der Waals surface area contributed by atoms with Crippen molar-refractivity contribution in [2.45, 2.75) is 0 Å². The van der Waals surface area contributed by atoms with Gasteiger partial charge >= 0.3 is 6.01 Å². The molecule has 25 heavy (non-hydrogen) atoms. The van der Waals surface area contributed by atoms with Crippen molar-refractivity contribution < 1.29 is 5.11 Å². The van der Waals surface area contributed by atoms with Gasteiger partial charge in [-0.05, 0) is 24.3 Å². The summed E-state index contributed by atoms with van der Waals surface area (Å²) in [6, 6.07) is 18.6. The van der Waals surface area contributed by atoms with Gasteiger partial charge in [0.25, 0.3) is 0 Å². The zero-order valence-corrected chi connectivity index (χ0v) is 13.5. The standard InChI is InChI=1S/C19H17N5O/c1-3-23(15-11-7-5-8-12-15)17-20-18(22-19(25)21-17)24(4-2)16-13-9-6-10-14-16/h3-14H,1-2H2,(H,20,21,22,25). The Morgan fingerprint density at radius 1 is 0.680 bits per heavy atom. The van der Waals surface area contributed by atoms with Crippen LogP contribution in [0.2, 0.25) is 0 Å². The molecule has 1 aromatic heterocycles. The number of aromatic hydroxyl groups is 1. The summed E-state index contributed by atoms with van der Waals surface area (Å²) in [5, 5.41) is 9.99. The lowest BCUT2D eigenvalue weighted by Gasteiger charge is -2.21. The van der Waals surface area contributed by atoms with Crippen LogP contribution in [0.1, 0.15) is 0 Å². The Bertz CT molecular complexity index is 798. The third-order valence-electron chi connectivity index (χ3n) is 3.46. The molecule has 0 radical (unpaired) electrons. The fraction of sp³-hybridized carbons (Fsp3) is 0. The Morgan fingerprint density at radius 3 is 1.44 bits per heavy atom. The van der Waals surface area contributed by atoms with E-state index in [4.69, 9.17) is 0 Å². The molecule has 0 aliphatic heterocycles. The van der Waals surface area contributed by atoms with Crippen LogP contribution in [0.3, 0.4) is 0 Å². The van der Waals surface area contributed by atoms with Crippen LogP contribution in [-0.2, 0) is 0 Å². The summed E-state index contributed by atoms with van der Waals surface area (Å²) in [6.45, 7) is 7.61. The molecule has 0 fully saturated rings. The van der Waals surface area contributed by atoms with Crippen molar-refractivity contribution in [2.75, 3.05) is 9.80 Å². The lowest BCUT2D eigenvalue weighted by Crippen LogP contribution is -2.17. The van der Waals surface area contributed by atoms with Crippen LogP contribution in [0.4, 0.5) is 23.3 Å². The zero-order chi connectivity index (χ0) is 17.6. The van der Waals surface area contributed by atoms with Crippen LogP contribution in [0.15, 0.2) is 86.2 Å². The van der Waals surface area contributed by atoms with Crippen LogP contribution in [0.25, 0.3) is 0 Å². The van der Waals surface area contributed by atoms with E-state index in [-0.39, 0.29) is 17.9 Å². The Morgan fingerprint density at radius 2 is 1.08 bits per heavy atom. The molecule has 1 N–H and O–H groups in total. The molecule has 124 valence electrons. The Hall–Kier alpha value is -3.67. The van der Waals surface area contributed by atoms with Crippen LogP contribution < -0.4 is 9.80 Å². The summed E-state index contributed by atoms with van der Waals surface area (Å²) in [7, 11) is 0. The van der Waals surface area contributed by atoms with Gasteiger partial charge in [0.15, 0.2) is 0 Å². The summed E-state index contributed by atoms with van der Waals surface area (Å²) in [6.07, 6.45) is 3.16. The molecule has 0 saturated heterocycles. The molecule has 6 nitrogen and oxygen atoms in total. The van der Waals surface area contributed by atoms with Crippen molar-refractivity contribution in [1.29, 1.82) is 0 Å². The first kappa shape index (κ1) is 16.2. The maximum atomic E-state index is 9.99. The largest absolute Gasteiger partial charge is 0.479 e. The predicted molar refractivity (Wildman–Crippen MR) is 99.0 cm³/mol. The fourth-order valence-electron chi connectivity index (χ4n) is 2.34. The highest BCUT2D eigenvalue weighted by Gasteiger charge is 2.16. The first-order valence-electron chi connectivity index (χ1n) is 7.61. The van der Waals surface area contributed by atoms with E-state index in [1.807, 2.05) is 60.7 Å². The monoisotopic (exact) mass is 331 g/mol. The van der Waals surface area contributed by atoms with Crippen molar-refractivity contribution in [3.8, 4) is 6.01 Å². The smallest absolute Gasteiger partial charge is 0.320 e. The van der Waals surface area contributed by atoms with Crippen molar-refractivity contribution in [2.24, 2.45) is 0 Å². The van der Waals surface area contributed by atoms with Gasteiger partial charge in [0.2, 0.25) is 11.9 Å². The second kappa shape index (κ2) is 7.27. The van der Waals surface area contributed by atoms with Gasteiger partial charge in [-0.2, -0.15) is 15.0 Å². The average molecular weight is 331 g/mol. The molecule has 1 heterocycles. The lowest BCUT2D eigenvalue weighted by molar-refractivity contribution is 0.429. The topological polar surface area (TPSA) is 65.4 Å². The molecule has 0 spiro atoms. The van der Waals surface area contributed by atoms with E-state index < -0.39 is 0 Å². The highest BCUT2D eigenvalue weighted by Crippen LogP contribution is 2.28. The number of rotatable bonds is 6. The van der Waals surface area contributed by atoms with E-state index in [0.717, 1.165) is 11.4 Å². The van der Waals surface area contributed by atoms with Gasteiger partial charge in [-0.1, -0.05) is 49.6 Å². The van der Waals surface area contributed by atoms with Gasteiger partial charge in [0.1, 0.15) is 0 Å². The highest BCUT2D eigenvalue weighted by atomic mass is 16.3. The number of hydrogen-bond acceptors (Lipinski definition) is 6. The molecular weight excluding hydrogens is 314 g/mol. The van der Waals surface area contributed by atoms with Crippen LogP contribution in [0.5, 0.6) is 6.01 Å². The number of aromatic nitrogens is 3. The van der Waals surface area contributed by atoms with Crippen molar-refractivity contribution in [1.82, 2.24) is 15.0 Å². The number of hydrogen-bond donors (Lipinski definition) is 1. The SMILES string of the molecule is C=CN(c1ccccc1)c1nc(O)nc(N(C=C)c2ccccc2)n1. The molecule has 0 bridgehead atoms. The van der Waals surface area contributed by atoms with Crippen molar-refractivity contribution >= 4 is 23.3 Å². The highest BCUT2D eigenvalue weighted by molar-refractivity contribution is 5.64. The second-order valence-corrected chi connectivity index (χ2v) is 5.01. The average Bonchev–Trinajstić information content (AvgIpc) is 2.64. The van der Waals surface area contributed by atoms with E-state index in [2.05, 4.69) is 28.1 Å². The third-order valence-corrected chi connectivity index (χ3v) is 3.46. The summed E-state index contributed by atoms with van der Waals surface area (Å²) in [5.41, 5.74) is 1.64. The van der Waals surface area contributed by atoms with Gasteiger partial charge in [-0.25, -0.2) is 0 Å². The molecule has 0 aliphatic rings. The zero-order valence-electron chi connectivity index (χ0n) is 13.5. The molecule has 0 amide bonds. The molecule has 0 unspecified atom stereocenters. The number of anilines is 4. The van der Waals surface area contributed by atoms with Crippen LogP contribution >= 0.6 is 0 Å². The fourth-order valence-corrected chi connectivity index (χ4v) is 2.34. The molecular formula is C19H17N5O. The summed E-state index contributed by atoms with van der Waals surface area (Å²) < 4.78 is 0. The number of benzene rings is 2. The van der Waals surface area contributed by atoms with Gasteiger partial charge in [0.05, 0.1) is 0 Å². The van der Waals surface area contributed by atoms with Gasteiger partial charge in [-0.3, -0.25) is 9.80 Å². The van der Waals surface area contributed by atoms with E-state index in [9.17, 15) is 5.11 Å². The molecule has 3 aromatic rings. The summed E-state index contributed by atoms with van der Waals surface area (Å²) in [4.78, 5) is 15.8. The molecule has 2 aromatic carbocycles. The quantitative estimate of drug-likeness (QED) is 0.732. The van der Waals surface area contributed by atoms with E-state index in [0.29, 0.717) is 0 Å². The van der Waals surface area contributed by atoms with Crippen LogP contribution in [-0.4, -0.2) is 20.1 Å². The lowest BCUT2D eigenvalue weighted by atomic mass is 10.3. The van der Waals surface area contributed by atoms with Gasteiger partial charge in [0, 0.05) is 23.8 Å². The minimum atomic E-state index is -0.384. The molecule has 0 aliphatic carbocycles. The third kappa shape index (κ3) is 3.48. The Kier molecular flexibility index (Phi) is 4.71. The Labute approximate surface area is 146 Å². The van der Waals surface area contributed by atoms with Gasteiger partial charge < -0.3 is 5.11 Å². The van der Waals surface area contributed by atoms with E-state index >= 15 is 0 Å². The second-order valence-electron chi connectivity index (χ2n) is 5.01. The molecule has 6 heteroatoms. The molecule has 3 rings (SSSR count). The van der Waals surface area contributed by atoms with Crippen LogP contribution in [0, 0.1) is 0 Å². The maximum Gasteiger partial charge on any atom is 0.320 e. The Balaban J connectivity index is 2.06. The first-order chi connectivity index (χ1) is 12.2. The minimum Gasteiger partial charge on any atom is -0.479 e. The normalized spacial score (nSPS) is 10.1. The van der Waals surface area contributed by atoms with Gasteiger partial charge in [-0.15, -0.1) is 0 Å². The summed E-state index contributed by atoms with van der Waals surface area (Å²) >= 11 is 0.